The van der Waals surface area contributed by atoms with Crippen LogP contribution in [0.2, 0.25) is 0 Å². The first-order valence-electron chi connectivity index (χ1n) is 5.96. The van der Waals surface area contributed by atoms with E-state index in [1.54, 1.807) is 0 Å². The molecule has 1 saturated heterocycles. The molecule has 0 radical (unpaired) electrons. The molecule has 0 bridgehead atoms. The fourth-order valence-corrected chi connectivity index (χ4v) is 3.08. The molecule has 0 aliphatic carbocycles. The molecule has 0 amide bonds. The topological polar surface area (TPSA) is 37.4 Å². The van der Waals surface area contributed by atoms with Gasteiger partial charge >= 0.3 is 0 Å². The second kappa shape index (κ2) is 6.96. The molecule has 2 rings (SSSR count). The lowest BCUT2D eigenvalue weighted by Gasteiger charge is -2.28. The predicted molar refractivity (Wildman–Crippen MR) is 78.6 cm³/mol. The smallest absolute Gasteiger partial charge is 0.0826 e. The molecule has 2 heterocycles. The highest BCUT2D eigenvalue weighted by molar-refractivity contribution is 9.11. The maximum absolute atomic E-state index is 5.69. The molecule has 1 N–H and O–H groups in total. The van der Waals surface area contributed by atoms with Gasteiger partial charge in [0.1, 0.15) is 0 Å². The van der Waals surface area contributed by atoms with E-state index in [1.807, 2.05) is 12.3 Å². The summed E-state index contributed by atoms with van der Waals surface area (Å²) in [5.41, 5.74) is 1.05. The zero-order valence-corrected chi connectivity index (χ0v) is 13.5. The monoisotopic (exact) mass is 377 g/mol. The van der Waals surface area contributed by atoms with Crippen molar-refractivity contribution in [3.8, 4) is 0 Å². The number of hydrogen-bond acceptors (Lipinski definition) is 4. The third-order valence-corrected chi connectivity index (χ3v) is 3.94. The third-order valence-electron chi connectivity index (χ3n) is 2.82. The number of likely N-dealkylation sites (N-methyl/N-ethyl adjacent to an activating group) is 1. The minimum atomic E-state index is 0.276. The number of nitrogens with zero attached hydrogens (tertiary/aromatic N) is 2. The molecule has 18 heavy (non-hydrogen) atoms. The molecule has 1 unspecified atom stereocenters. The second-order valence-corrected chi connectivity index (χ2v) is 6.25. The quantitative estimate of drug-likeness (QED) is 0.869. The highest BCUT2D eigenvalue weighted by atomic mass is 79.9. The van der Waals surface area contributed by atoms with Gasteiger partial charge in [-0.05, 0) is 45.0 Å². The van der Waals surface area contributed by atoms with Gasteiger partial charge in [0.2, 0.25) is 0 Å². The molecule has 1 atom stereocenters. The van der Waals surface area contributed by atoms with Crippen molar-refractivity contribution in [3.05, 3.63) is 26.9 Å². The normalized spacial score (nSPS) is 20.3. The molecule has 1 aromatic heterocycles. The van der Waals surface area contributed by atoms with Crippen LogP contribution in [-0.4, -0.2) is 49.3 Å². The van der Waals surface area contributed by atoms with Gasteiger partial charge in [-0.2, -0.15) is 0 Å². The Morgan fingerprint density at radius 2 is 2.39 bits per heavy atom. The summed E-state index contributed by atoms with van der Waals surface area (Å²) in [7, 11) is 2.09. The van der Waals surface area contributed by atoms with Gasteiger partial charge in [-0.1, -0.05) is 0 Å². The first-order chi connectivity index (χ1) is 8.65. The van der Waals surface area contributed by atoms with E-state index in [0.717, 1.165) is 47.4 Å². The Labute approximate surface area is 124 Å². The van der Waals surface area contributed by atoms with E-state index in [1.165, 1.54) is 0 Å². The number of hydrogen-bond donors (Lipinski definition) is 1. The van der Waals surface area contributed by atoms with Crippen LogP contribution in [-0.2, 0) is 11.3 Å². The fourth-order valence-electron chi connectivity index (χ4n) is 1.96. The van der Waals surface area contributed by atoms with E-state index in [4.69, 9.17) is 4.74 Å². The van der Waals surface area contributed by atoms with Crippen molar-refractivity contribution in [2.45, 2.75) is 12.6 Å². The molecule has 1 aliphatic heterocycles. The van der Waals surface area contributed by atoms with Gasteiger partial charge in [0.05, 0.1) is 18.4 Å². The van der Waals surface area contributed by atoms with Crippen molar-refractivity contribution in [2.24, 2.45) is 0 Å². The van der Waals surface area contributed by atoms with Crippen LogP contribution in [0.4, 0.5) is 0 Å². The Morgan fingerprint density at radius 3 is 3.06 bits per heavy atom. The lowest BCUT2D eigenvalue weighted by Crippen LogP contribution is -2.44. The molecule has 1 aliphatic rings. The van der Waals surface area contributed by atoms with Crippen LogP contribution >= 0.6 is 31.9 Å². The Balaban J connectivity index is 1.87. The summed E-state index contributed by atoms with van der Waals surface area (Å²) in [6, 6.07) is 2.02. The number of rotatable bonds is 4. The first kappa shape index (κ1) is 14.4. The van der Waals surface area contributed by atoms with Crippen LogP contribution < -0.4 is 5.32 Å². The predicted octanol–water partition coefficient (Wildman–Crippen LogP) is 2.03. The summed E-state index contributed by atoms with van der Waals surface area (Å²) in [6.07, 6.45) is 2.10. The summed E-state index contributed by atoms with van der Waals surface area (Å²) in [5, 5.41) is 3.34. The van der Waals surface area contributed by atoms with Gasteiger partial charge in [0.15, 0.2) is 0 Å². The van der Waals surface area contributed by atoms with Crippen molar-refractivity contribution in [3.63, 3.8) is 0 Å². The Hall–Kier alpha value is -0.0100. The van der Waals surface area contributed by atoms with Gasteiger partial charge in [0, 0.05) is 41.3 Å². The Kier molecular flexibility index (Phi) is 5.56. The summed E-state index contributed by atoms with van der Waals surface area (Å²) in [4.78, 5) is 6.65. The zero-order valence-electron chi connectivity index (χ0n) is 10.3. The van der Waals surface area contributed by atoms with Crippen LogP contribution in [0, 0.1) is 0 Å². The number of aromatic nitrogens is 1. The molecule has 100 valence electrons. The van der Waals surface area contributed by atoms with Gasteiger partial charge < -0.3 is 10.1 Å². The molecular formula is C12H17Br2N3O. The molecule has 1 aromatic rings. The number of ether oxygens (including phenoxy) is 1. The summed E-state index contributed by atoms with van der Waals surface area (Å²) in [6.45, 7) is 4.42. The third kappa shape index (κ3) is 4.28. The van der Waals surface area contributed by atoms with E-state index in [0.29, 0.717) is 0 Å². The second-order valence-electron chi connectivity index (χ2n) is 4.48. The van der Waals surface area contributed by atoms with Crippen molar-refractivity contribution < 1.29 is 4.74 Å². The van der Waals surface area contributed by atoms with E-state index in [-0.39, 0.29) is 6.10 Å². The number of pyridine rings is 1. The molecule has 6 heteroatoms. The van der Waals surface area contributed by atoms with E-state index in [9.17, 15) is 0 Å². The van der Waals surface area contributed by atoms with Crippen LogP contribution in [0.5, 0.6) is 0 Å². The molecule has 0 saturated carbocycles. The van der Waals surface area contributed by atoms with Crippen LogP contribution in [0.25, 0.3) is 0 Å². The lowest BCUT2D eigenvalue weighted by molar-refractivity contribution is 0.00865. The highest BCUT2D eigenvalue weighted by Crippen LogP contribution is 2.20. The molecule has 4 nitrogen and oxygen atoms in total. The molecule has 1 fully saturated rings. The van der Waals surface area contributed by atoms with E-state index < -0.39 is 0 Å². The Morgan fingerprint density at radius 1 is 1.56 bits per heavy atom. The maximum Gasteiger partial charge on any atom is 0.0826 e. The van der Waals surface area contributed by atoms with Gasteiger partial charge in [-0.25, -0.2) is 0 Å². The van der Waals surface area contributed by atoms with Crippen LogP contribution in [0.1, 0.15) is 5.69 Å². The number of morpholine rings is 1. The molecular weight excluding hydrogens is 362 g/mol. The standard InChI is InChI=1S/C12H17Br2N3O/c1-17(7-10-6-15-2-3-18-10)8-12-11(14)4-9(13)5-16-12/h4-5,10,15H,2-3,6-8H2,1H3. The summed E-state index contributed by atoms with van der Waals surface area (Å²) >= 11 is 6.95. The average Bonchev–Trinajstić information content (AvgIpc) is 2.34. The van der Waals surface area contributed by atoms with Gasteiger partial charge in [-0.3, -0.25) is 9.88 Å². The van der Waals surface area contributed by atoms with E-state index in [2.05, 4.69) is 54.1 Å². The Bertz CT molecular complexity index is 397. The van der Waals surface area contributed by atoms with Crippen molar-refractivity contribution in [1.82, 2.24) is 15.2 Å². The number of halogens is 2. The van der Waals surface area contributed by atoms with E-state index >= 15 is 0 Å². The molecule has 0 aromatic carbocycles. The van der Waals surface area contributed by atoms with Gasteiger partial charge in [0.25, 0.3) is 0 Å². The lowest BCUT2D eigenvalue weighted by atomic mass is 10.2. The van der Waals surface area contributed by atoms with Gasteiger partial charge in [-0.15, -0.1) is 0 Å². The SMILES string of the molecule is CN(Cc1ncc(Br)cc1Br)CC1CNCCO1. The van der Waals surface area contributed by atoms with Crippen molar-refractivity contribution >= 4 is 31.9 Å². The number of nitrogens with one attached hydrogen (secondary N) is 1. The van der Waals surface area contributed by atoms with Crippen LogP contribution in [0.15, 0.2) is 21.2 Å². The molecule has 0 spiro atoms. The summed E-state index contributed by atoms with van der Waals surface area (Å²) < 4.78 is 7.71. The first-order valence-corrected chi connectivity index (χ1v) is 7.54. The van der Waals surface area contributed by atoms with Crippen molar-refractivity contribution in [1.29, 1.82) is 0 Å². The highest BCUT2D eigenvalue weighted by Gasteiger charge is 2.16. The van der Waals surface area contributed by atoms with Crippen molar-refractivity contribution in [2.75, 3.05) is 33.3 Å². The fraction of sp³-hybridized carbons (Fsp3) is 0.583. The minimum absolute atomic E-state index is 0.276. The zero-order chi connectivity index (χ0) is 13.0. The maximum atomic E-state index is 5.69. The average molecular weight is 379 g/mol. The largest absolute Gasteiger partial charge is 0.374 e. The summed E-state index contributed by atoms with van der Waals surface area (Å²) in [5.74, 6) is 0. The minimum Gasteiger partial charge on any atom is -0.374 e. The van der Waals surface area contributed by atoms with Crippen LogP contribution in [0.3, 0.4) is 0 Å².